The normalized spacial score (nSPS) is 15.8. The summed E-state index contributed by atoms with van der Waals surface area (Å²) in [6.07, 6.45) is 1.23. The van der Waals surface area contributed by atoms with E-state index in [-0.39, 0.29) is 18.7 Å². The molecule has 94 valence electrons. The van der Waals surface area contributed by atoms with Gasteiger partial charge in [0.2, 0.25) is 0 Å². The Bertz CT molecular complexity index is 521. The van der Waals surface area contributed by atoms with Crippen molar-refractivity contribution in [1.29, 1.82) is 0 Å². The summed E-state index contributed by atoms with van der Waals surface area (Å²) in [6, 6.07) is 5.43. The SMILES string of the molecule is O=C(Cl)N1CCN(N=Cc2ccccc2F)C1=O. The predicted octanol–water partition coefficient (Wildman–Crippen LogP) is 2.26. The van der Waals surface area contributed by atoms with Crippen molar-refractivity contribution in [3.63, 3.8) is 0 Å². The number of nitrogens with zero attached hydrogens (tertiary/aromatic N) is 3. The second kappa shape index (κ2) is 5.14. The van der Waals surface area contributed by atoms with Gasteiger partial charge in [-0.3, -0.25) is 4.79 Å². The molecule has 0 bridgehead atoms. The van der Waals surface area contributed by atoms with Crippen LogP contribution in [0.2, 0.25) is 0 Å². The third-order valence-electron chi connectivity index (χ3n) is 2.44. The van der Waals surface area contributed by atoms with E-state index in [0.29, 0.717) is 0 Å². The van der Waals surface area contributed by atoms with Crippen molar-refractivity contribution in [2.24, 2.45) is 5.10 Å². The predicted molar refractivity (Wildman–Crippen MR) is 64.1 cm³/mol. The van der Waals surface area contributed by atoms with Gasteiger partial charge in [0.15, 0.2) is 0 Å². The Balaban J connectivity index is 2.10. The molecule has 1 fully saturated rings. The molecular weight excluding hydrogens is 261 g/mol. The number of carbonyl (C=O) groups excluding carboxylic acids is 2. The molecule has 0 unspecified atom stereocenters. The van der Waals surface area contributed by atoms with E-state index in [9.17, 15) is 14.0 Å². The van der Waals surface area contributed by atoms with Gasteiger partial charge in [-0.1, -0.05) is 18.2 Å². The second-order valence-corrected chi connectivity index (χ2v) is 3.90. The average Bonchev–Trinajstić information content (AvgIpc) is 2.70. The zero-order valence-electron chi connectivity index (χ0n) is 9.22. The average molecular weight is 270 g/mol. The molecule has 1 aromatic carbocycles. The maximum Gasteiger partial charge on any atom is 0.348 e. The number of halogens is 2. The van der Waals surface area contributed by atoms with Crippen molar-refractivity contribution >= 4 is 29.2 Å². The maximum atomic E-state index is 13.3. The standard InChI is InChI=1S/C11H9ClFN3O2/c12-10(17)15-5-6-16(11(15)18)14-7-8-3-1-2-4-9(8)13/h1-4,7H,5-6H2. The second-order valence-electron chi connectivity index (χ2n) is 3.58. The molecule has 7 heteroatoms. The van der Waals surface area contributed by atoms with Crippen LogP contribution in [0.25, 0.3) is 0 Å². The van der Waals surface area contributed by atoms with Crippen LogP contribution < -0.4 is 0 Å². The fourth-order valence-electron chi connectivity index (χ4n) is 1.51. The molecule has 18 heavy (non-hydrogen) atoms. The molecule has 3 amide bonds. The van der Waals surface area contributed by atoms with Gasteiger partial charge in [-0.2, -0.15) is 5.10 Å². The van der Waals surface area contributed by atoms with Crippen LogP contribution in [-0.2, 0) is 0 Å². The highest BCUT2D eigenvalue weighted by atomic mass is 35.5. The number of carbonyl (C=O) groups is 2. The Morgan fingerprint density at radius 3 is 2.72 bits per heavy atom. The maximum absolute atomic E-state index is 13.3. The Hall–Kier alpha value is -1.95. The van der Waals surface area contributed by atoms with Crippen molar-refractivity contribution in [2.45, 2.75) is 0 Å². The molecule has 0 radical (unpaired) electrons. The highest BCUT2D eigenvalue weighted by Crippen LogP contribution is 2.12. The summed E-state index contributed by atoms with van der Waals surface area (Å²) in [4.78, 5) is 23.3. The minimum atomic E-state index is -0.844. The molecule has 1 aromatic rings. The first-order valence-electron chi connectivity index (χ1n) is 5.16. The van der Waals surface area contributed by atoms with E-state index in [2.05, 4.69) is 5.10 Å². The Labute approximate surface area is 107 Å². The summed E-state index contributed by atoms with van der Waals surface area (Å²) in [5.41, 5.74) is 0.265. The number of hydrazone groups is 1. The molecule has 1 aliphatic heterocycles. The number of imide groups is 1. The van der Waals surface area contributed by atoms with Gasteiger partial charge in [0.1, 0.15) is 5.82 Å². The summed E-state index contributed by atoms with van der Waals surface area (Å²) < 4.78 is 13.3. The zero-order valence-corrected chi connectivity index (χ0v) is 9.97. The molecule has 1 aliphatic rings. The number of urea groups is 1. The molecule has 1 heterocycles. The lowest BCUT2D eigenvalue weighted by atomic mass is 10.2. The summed E-state index contributed by atoms with van der Waals surface area (Å²) in [5.74, 6) is -0.432. The number of hydrogen-bond donors (Lipinski definition) is 0. The lowest BCUT2D eigenvalue weighted by Gasteiger charge is -2.09. The fourth-order valence-corrected chi connectivity index (χ4v) is 1.66. The largest absolute Gasteiger partial charge is 0.348 e. The van der Waals surface area contributed by atoms with E-state index in [0.717, 1.165) is 9.91 Å². The first-order valence-corrected chi connectivity index (χ1v) is 5.54. The molecule has 0 aromatic heterocycles. The summed E-state index contributed by atoms with van der Waals surface area (Å²) in [6.45, 7) is 0.415. The van der Waals surface area contributed by atoms with Crippen LogP contribution in [0, 0.1) is 5.82 Å². The van der Waals surface area contributed by atoms with Gasteiger partial charge in [0.05, 0.1) is 19.3 Å². The molecular formula is C11H9ClFN3O2. The minimum Gasteiger partial charge on any atom is -0.255 e. The topological polar surface area (TPSA) is 53.0 Å². The van der Waals surface area contributed by atoms with Crippen LogP contribution in [0.1, 0.15) is 5.56 Å². The first kappa shape index (κ1) is 12.5. The Morgan fingerprint density at radius 2 is 2.11 bits per heavy atom. The van der Waals surface area contributed by atoms with Crippen LogP contribution >= 0.6 is 11.6 Å². The van der Waals surface area contributed by atoms with E-state index < -0.39 is 17.2 Å². The monoisotopic (exact) mass is 269 g/mol. The first-order chi connectivity index (χ1) is 8.59. The number of rotatable bonds is 2. The van der Waals surface area contributed by atoms with Gasteiger partial charge in [0.25, 0.3) is 0 Å². The van der Waals surface area contributed by atoms with Gasteiger partial charge in [-0.15, -0.1) is 0 Å². The van der Waals surface area contributed by atoms with E-state index >= 15 is 0 Å². The van der Waals surface area contributed by atoms with Crippen molar-refractivity contribution < 1.29 is 14.0 Å². The third kappa shape index (κ3) is 2.48. The van der Waals surface area contributed by atoms with Gasteiger partial charge in [0, 0.05) is 5.56 Å². The molecule has 2 rings (SSSR count). The quantitative estimate of drug-likeness (QED) is 0.470. The summed E-state index contributed by atoms with van der Waals surface area (Å²) >= 11 is 5.21. The highest BCUT2D eigenvalue weighted by Gasteiger charge is 2.32. The summed E-state index contributed by atoms with van der Waals surface area (Å²) in [7, 11) is 0. The van der Waals surface area contributed by atoms with Crippen molar-refractivity contribution in [3.05, 3.63) is 35.6 Å². The van der Waals surface area contributed by atoms with E-state index in [1.807, 2.05) is 0 Å². The molecule has 0 spiro atoms. The molecule has 0 atom stereocenters. The van der Waals surface area contributed by atoms with Crippen molar-refractivity contribution in [3.8, 4) is 0 Å². The fraction of sp³-hybridized carbons (Fsp3) is 0.182. The van der Waals surface area contributed by atoms with E-state index in [1.54, 1.807) is 12.1 Å². The summed E-state index contributed by atoms with van der Waals surface area (Å²) in [5, 5.41) is 4.05. The van der Waals surface area contributed by atoms with Gasteiger partial charge in [-0.25, -0.2) is 19.1 Å². The lowest BCUT2D eigenvalue weighted by molar-refractivity contribution is 0.195. The highest BCUT2D eigenvalue weighted by molar-refractivity contribution is 6.64. The van der Waals surface area contributed by atoms with Crippen LogP contribution in [0.4, 0.5) is 14.0 Å². The zero-order chi connectivity index (χ0) is 13.1. The van der Waals surface area contributed by atoms with Crippen LogP contribution in [-0.4, -0.2) is 40.6 Å². The third-order valence-corrected chi connectivity index (χ3v) is 2.64. The number of hydrogen-bond acceptors (Lipinski definition) is 3. The van der Waals surface area contributed by atoms with E-state index in [4.69, 9.17) is 11.6 Å². The Morgan fingerprint density at radius 1 is 1.39 bits per heavy atom. The van der Waals surface area contributed by atoms with Crippen molar-refractivity contribution in [2.75, 3.05) is 13.1 Å². The van der Waals surface area contributed by atoms with Gasteiger partial charge < -0.3 is 0 Å². The van der Waals surface area contributed by atoms with Crippen LogP contribution in [0.15, 0.2) is 29.4 Å². The molecule has 0 N–H and O–H groups in total. The smallest absolute Gasteiger partial charge is 0.255 e. The molecule has 0 aliphatic carbocycles. The van der Waals surface area contributed by atoms with Gasteiger partial charge >= 0.3 is 11.4 Å². The Kier molecular flexibility index (Phi) is 3.57. The number of amides is 3. The minimum absolute atomic E-state index is 0.176. The number of benzene rings is 1. The van der Waals surface area contributed by atoms with Crippen molar-refractivity contribution in [1.82, 2.24) is 9.91 Å². The molecule has 0 saturated carbocycles. The molecule has 5 nitrogen and oxygen atoms in total. The van der Waals surface area contributed by atoms with Crippen LogP contribution in [0.3, 0.4) is 0 Å². The lowest BCUT2D eigenvalue weighted by Crippen LogP contribution is -2.30. The van der Waals surface area contributed by atoms with E-state index in [1.165, 1.54) is 18.3 Å². The van der Waals surface area contributed by atoms with Gasteiger partial charge in [-0.05, 0) is 17.7 Å². The van der Waals surface area contributed by atoms with Crippen LogP contribution in [0.5, 0.6) is 0 Å². The molecule has 1 saturated heterocycles.